The molecule has 5 heteroatoms. The highest BCUT2D eigenvalue weighted by Crippen LogP contribution is 2.09. The molecule has 0 heterocycles. The lowest BCUT2D eigenvalue weighted by Gasteiger charge is -2.26. The standard InChI is InChI=1S/C12H24N2O3/c1-9(2)8-10(3)14(4)12(17)13-7-5-6-11(15)16/h9-10H,5-8H2,1-4H3,(H,13,17)(H,15,16). The van der Waals surface area contributed by atoms with E-state index in [0.717, 1.165) is 6.42 Å². The van der Waals surface area contributed by atoms with Crippen molar-refractivity contribution in [3.8, 4) is 0 Å². The molecule has 2 amide bonds. The summed E-state index contributed by atoms with van der Waals surface area (Å²) in [4.78, 5) is 23.6. The summed E-state index contributed by atoms with van der Waals surface area (Å²) in [5, 5.41) is 11.2. The first-order chi connectivity index (χ1) is 7.84. The minimum Gasteiger partial charge on any atom is -0.481 e. The van der Waals surface area contributed by atoms with Gasteiger partial charge in [-0.05, 0) is 25.7 Å². The zero-order chi connectivity index (χ0) is 13.4. The van der Waals surface area contributed by atoms with Gasteiger partial charge in [0.15, 0.2) is 0 Å². The van der Waals surface area contributed by atoms with E-state index in [2.05, 4.69) is 19.2 Å². The number of hydrogen-bond acceptors (Lipinski definition) is 2. The topological polar surface area (TPSA) is 69.6 Å². The number of nitrogens with one attached hydrogen (secondary N) is 1. The van der Waals surface area contributed by atoms with Crippen LogP contribution in [0.1, 0.15) is 40.0 Å². The molecule has 0 rings (SSSR count). The largest absolute Gasteiger partial charge is 0.481 e. The Labute approximate surface area is 103 Å². The molecule has 100 valence electrons. The number of urea groups is 1. The van der Waals surface area contributed by atoms with E-state index in [1.54, 1.807) is 11.9 Å². The van der Waals surface area contributed by atoms with Gasteiger partial charge in [0.2, 0.25) is 0 Å². The predicted octanol–water partition coefficient (Wildman–Crippen LogP) is 1.93. The maximum absolute atomic E-state index is 11.7. The molecule has 0 saturated heterocycles. The second-order valence-corrected chi connectivity index (χ2v) is 4.82. The van der Waals surface area contributed by atoms with Crippen molar-refractivity contribution in [1.82, 2.24) is 10.2 Å². The molecule has 0 radical (unpaired) electrons. The Bertz CT molecular complexity index is 254. The number of carboxylic acid groups (broad SMARTS) is 1. The number of rotatable bonds is 7. The average Bonchev–Trinajstić information content (AvgIpc) is 2.21. The minimum atomic E-state index is -0.833. The van der Waals surface area contributed by atoms with Gasteiger partial charge in [0.05, 0.1) is 0 Å². The fraction of sp³-hybridized carbons (Fsp3) is 0.833. The highest BCUT2D eigenvalue weighted by molar-refractivity contribution is 5.74. The van der Waals surface area contributed by atoms with Gasteiger partial charge in [-0.25, -0.2) is 4.79 Å². The number of nitrogens with zero attached hydrogens (tertiary/aromatic N) is 1. The lowest BCUT2D eigenvalue weighted by Crippen LogP contribution is -2.43. The molecule has 0 aliphatic carbocycles. The normalized spacial score (nSPS) is 12.3. The molecule has 0 aliphatic rings. The molecule has 0 aromatic carbocycles. The van der Waals surface area contributed by atoms with Crippen LogP contribution in [0.5, 0.6) is 0 Å². The summed E-state index contributed by atoms with van der Waals surface area (Å²) in [5.74, 6) is -0.284. The summed E-state index contributed by atoms with van der Waals surface area (Å²) >= 11 is 0. The van der Waals surface area contributed by atoms with Crippen LogP contribution in [-0.2, 0) is 4.79 Å². The molecule has 0 aromatic heterocycles. The fourth-order valence-corrected chi connectivity index (χ4v) is 1.60. The van der Waals surface area contributed by atoms with Crippen LogP contribution in [0.2, 0.25) is 0 Å². The second-order valence-electron chi connectivity index (χ2n) is 4.82. The van der Waals surface area contributed by atoms with Crippen molar-refractivity contribution in [2.24, 2.45) is 5.92 Å². The summed E-state index contributed by atoms with van der Waals surface area (Å²) in [6.45, 7) is 6.66. The highest BCUT2D eigenvalue weighted by Gasteiger charge is 2.16. The van der Waals surface area contributed by atoms with E-state index in [1.807, 2.05) is 6.92 Å². The molecule has 0 saturated carbocycles. The maximum Gasteiger partial charge on any atom is 0.317 e. The molecule has 0 spiro atoms. The van der Waals surface area contributed by atoms with E-state index in [-0.39, 0.29) is 18.5 Å². The summed E-state index contributed by atoms with van der Waals surface area (Å²) in [6.07, 6.45) is 1.51. The molecule has 17 heavy (non-hydrogen) atoms. The van der Waals surface area contributed by atoms with Crippen molar-refractivity contribution in [2.75, 3.05) is 13.6 Å². The highest BCUT2D eigenvalue weighted by atomic mass is 16.4. The molecule has 0 bridgehead atoms. The van der Waals surface area contributed by atoms with Gasteiger partial charge >= 0.3 is 12.0 Å². The van der Waals surface area contributed by atoms with Crippen LogP contribution in [0.3, 0.4) is 0 Å². The number of aliphatic carboxylic acids is 1. The first kappa shape index (κ1) is 15.7. The smallest absolute Gasteiger partial charge is 0.317 e. The lowest BCUT2D eigenvalue weighted by atomic mass is 10.0. The fourth-order valence-electron chi connectivity index (χ4n) is 1.60. The van der Waals surface area contributed by atoms with Crippen molar-refractivity contribution < 1.29 is 14.7 Å². The number of carbonyl (C=O) groups is 2. The maximum atomic E-state index is 11.7. The molecule has 0 fully saturated rings. The Morgan fingerprint density at radius 3 is 2.35 bits per heavy atom. The molecule has 1 unspecified atom stereocenters. The number of carboxylic acids is 1. The van der Waals surface area contributed by atoms with Gasteiger partial charge in [0.25, 0.3) is 0 Å². The predicted molar refractivity (Wildman–Crippen MR) is 66.9 cm³/mol. The van der Waals surface area contributed by atoms with Crippen LogP contribution in [0.25, 0.3) is 0 Å². The summed E-state index contributed by atoms with van der Waals surface area (Å²) in [7, 11) is 1.76. The third-order valence-electron chi connectivity index (χ3n) is 2.64. The number of carbonyl (C=O) groups excluding carboxylic acids is 1. The Kier molecular flexibility index (Phi) is 7.34. The zero-order valence-corrected chi connectivity index (χ0v) is 11.2. The van der Waals surface area contributed by atoms with Gasteiger partial charge in [-0.15, -0.1) is 0 Å². The van der Waals surface area contributed by atoms with Gasteiger partial charge in [-0.2, -0.15) is 0 Å². The van der Waals surface area contributed by atoms with Gasteiger partial charge in [0, 0.05) is 26.1 Å². The summed E-state index contributed by atoms with van der Waals surface area (Å²) < 4.78 is 0. The quantitative estimate of drug-likeness (QED) is 0.672. The van der Waals surface area contributed by atoms with Gasteiger partial charge < -0.3 is 15.3 Å². The van der Waals surface area contributed by atoms with E-state index in [1.165, 1.54) is 0 Å². The van der Waals surface area contributed by atoms with Gasteiger partial charge in [-0.3, -0.25) is 4.79 Å². The number of amides is 2. The first-order valence-corrected chi connectivity index (χ1v) is 6.07. The van der Waals surface area contributed by atoms with Crippen LogP contribution >= 0.6 is 0 Å². The molecular formula is C12H24N2O3. The van der Waals surface area contributed by atoms with Crippen molar-refractivity contribution in [3.63, 3.8) is 0 Å². The Balaban J connectivity index is 3.84. The Morgan fingerprint density at radius 2 is 1.88 bits per heavy atom. The molecule has 0 aromatic rings. The minimum absolute atomic E-state index is 0.0888. The molecule has 5 nitrogen and oxygen atoms in total. The van der Waals surface area contributed by atoms with Crippen LogP contribution in [0, 0.1) is 5.92 Å². The zero-order valence-electron chi connectivity index (χ0n) is 11.2. The Hall–Kier alpha value is -1.26. The van der Waals surface area contributed by atoms with Crippen LogP contribution in [0.4, 0.5) is 4.79 Å². The van der Waals surface area contributed by atoms with E-state index in [0.29, 0.717) is 18.9 Å². The third-order valence-corrected chi connectivity index (χ3v) is 2.64. The SMILES string of the molecule is CC(C)CC(C)N(C)C(=O)NCCCC(=O)O. The molecule has 1 atom stereocenters. The van der Waals surface area contributed by atoms with Crippen LogP contribution < -0.4 is 5.32 Å². The second kappa shape index (κ2) is 7.92. The lowest BCUT2D eigenvalue weighted by molar-refractivity contribution is -0.137. The van der Waals surface area contributed by atoms with Crippen LogP contribution in [-0.4, -0.2) is 41.6 Å². The van der Waals surface area contributed by atoms with Crippen molar-refractivity contribution >= 4 is 12.0 Å². The van der Waals surface area contributed by atoms with Crippen LogP contribution in [0.15, 0.2) is 0 Å². The average molecular weight is 244 g/mol. The van der Waals surface area contributed by atoms with E-state index >= 15 is 0 Å². The first-order valence-electron chi connectivity index (χ1n) is 6.07. The van der Waals surface area contributed by atoms with E-state index < -0.39 is 5.97 Å². The number of hydrogen-bond donors (Lipinski definition) is 2. The van der Waals surface area contributed by atoms with Crippen molar-refractivity contribution in [3.05, 3.63) is 0 Å². The summed E-state index contributed by atoms with van der Waals surface area (Å²) in [5.41, 5.74) is 0. The monoisotopic (exact) mass is 244 g/mol. The van der Waals surface area contributed by atoms with E-state index in [9.17, 15) is 9.59 Å². The summed E-state index contributed by atoms with van der Waals surface area (Å²) in [6, 6.07) is 0.0537. The third kappa shape index (κ3) is 7.60. The Morgan fingerprint density at radius 1 is 1.29 bits per heavy atom. The van der Waals surface area contributed by atoms with Crippen molar-refractivity contribution in [1.29, 1.82) is 0 Å². The molecule has 2 N–H and O–H groups in total. The van der Waals surface area contributed by atoms with E-state index in [4.69, 9.17) is 5.11 Å². The van der Waals surface area contributed by atoms with Gasteiger partial charge in [-0.1, -0.05) is 13.8 Å². The van der Waals surface area contributed by atoms with Gasteiger partial charge in [0.1, 0.15) is 0 Å². The molecule has 0 aliphatic heterocycles. The van der Waals surface area contributed by atoms with Crippen molar-refractivity contribution in [2.45, 2.75) is 46.1 Å². The molecular weight excluding hydrogens is 220 g/mol.